The number of sulfonamides is 1. The summed E-state index contributed by atoms with van der Waals surface area (Å²) in [5, 5.41) is 4.20. The topological polar surface area (TPSA) is 107 Å². The summed E-state index contributed by atoms with van der Waals surface area (Å²) < 4.78 is 87.6. The lowest BCUT2D eigenvalue weighted by atomic mass is 10.0. The SMILES string of the molecule is COc1nn(-c2cnc(C(C)(F)F)nc2)cc1CCC(=O)[C@@H]1C[C@@H](F)CN1S(=O)(=O)c1ccc(F)cc1. The molecule has 4 rings (SSSR count). The van der Waals surface area contributed by atoms with Crippen LogP contribution in [0, 0.1) is 5.82 Å². The van der Waals surface area contributed by atoms with E-state index in [4.69, 9.17) is 4.74 Å². The van der Waals surface area contributed by atoms with Gasteiger partial charge in [-0.2, -0.15) is 13.1 Å². The molecule has 0 bridgehead atoms. The Kier molecular flexibility index (Phi) is 7.33. The van der Waals surface area contributed by atoms with Gasteiger partial charge in [0.25, 0.3) is 0 Å². The number of carbonyl (C=O) groups is 1. The highest BCUT2D eigenvalue weighted by Gasteiger charge is 2.43. The highest BCUT2D eigenvalue weighted by atomic mass is 32.2. The van der Waals surface area contributed by atoms with Crippen molar-refractivity contribution >= 4 is 15.8 Å². The maximum atomic E-state index is 14.3. The highest BCUT2D eigenvalue weighted by molar-refractivity contribution is 7.89. The second-order valence-corrected chi connectivity index (χ2v) is 10.5. The molecule has 1 fully saturated rings. The van der Waals surface area contributed by atoms with Gasteiger partial charge in [-0.1, -0.05) is 0 Å². The van der Waals surface area contributed by atoms with Gasteiger partial charge >= 0.3 is 5.92 Å². The molecule has 0 spiro atoms. The molecule has 14 heteroatoms. The second kappa shape index (κ2) is 10.2. The van der Waals surface area contributed by atoms with E-state index in [1.807, 2.05) is 0 Å². The summed E-state index contributed by atoms with van der Waals surface area (Å²) in [6, 6.07) is 2.86. The van der Waals surface area contributed by atoms with Gasteiger partial charge in [0.15, 0.2) is 11.6 Å². The Morgan fingerprint density at radius 2 is 1.84 bits per heavy atom. The number of aromatic nitrogens is 4. The van der Waals surface area contributed by atoms with Crippen molar-refractivity contribution in [2.45, 2.75) is 49.2 Å². The van der Waals surface area contributed by atoms with Gasteiger partial charge in [0.2, 0.25) is 15.9 Å². The van der Waals surface area contributed by atoms with Gasteiger partial charge in [0.05, 0.1) is 30.4 Å². The highest BCUT2D eigenvalue weighted by Crippen LogP contribution is 2.30. The molecule has 1 saturated heterocycles. The Hall–Kier alpha value is -3.39. The minimum atomic E-state index is -4.23. The molecule has 0 saturated carbocycles. The van der Waals surface area contributed by atoms with Gasteiger partial charge < -0.3 is 4.74 Å². The monoisotopic (exact) mass is 541 g/mol. The summed E-state index contributed by atoms with van der Waals surface area (Å²) in [6.45, 7) is 0.194. The number of halogens is 4. The predicted octanol–water partition coefficient (Wildman–Crippen LogP) is 3.22. The van der Waals surface area contributed by atoms with Crippen molar-refractivity contribution in [1.82, 2.24) is 24.1 Å². The first-order valence-corrected chi connectivity index (χ1v) is 12.6. The number of methoxy groups -OCH3 is 1. The zero-order valence-corrected chi connectivity index (χ0v) is 20.6. The Morgan fingerprint density at radius 3 is 2.43 bits per heavy atom. The average Bonchev–Trinajstić information content (AvgIpc) is 3.46. The third kappa shape index (κ3) is 5.64. The van der Waals surface area contributed by atoms with Crippen molar-refractivity contribution in [2.75, 3.05) is 13.7 Å². The van der Waals surface area contributed by atoms with Gasteiger partial charge in [-0.05, 0) is 30.7 Å². The van der Waals surface area contributed by atoms with Crippen LogP contribution in [0.25, 0.3) is 5.69 Å². The third-order valence-electron chi connectivity index (χ3n) is 5.88. The fourth-order valence-corrected chi connectivity index (χ4v) is 5.66. The molecule has 0 amide bonds. The third-order valence-corrected chi connectivity index (χ3v) is 7.77. The van der Waals surface area contributed by atoms with Crippen LogP contribution in [-0.4, -0.2) is 64.1 Å². The molecule has 2 atom stereocenters. The van der Waals surface area contributed by atoms with Crippen LogP contribution < -0.4 is 4.74 Å². The summed E-state index contributed by atoms with van der Waals surface area (Å²) >= 11 is 0. The first-order valence-electron chi connectivity index (χ1n) is 11.2. The average molecular weight is 542 g/mol. The zero-order valence-electron chi connectivity index (χ0n) is 19.8. The molecule has 3 heterocycles. The van der Waals surface area contributed by atoms with Crippen LogP contribution in [0.5, 0.6) is 5.88 Å². The molecule has 0 unspecified atom stereocenters. The van der Waals surface area contributed by atoms with Gasteiger partial charge in [-0.25, -0.2) is 31.8 Å². The number of ether oxygens (including phenoxy) is 1. The fourth-order valence-electron chi connectivity index (χ4n) is 4.02. The molecule has 9 nitrogen and oxygen atoms in total. The Labute approximate surface area is 210 Å². The molecule has 3 aromatic rings. The van der Waals surface area contributed by atoms with E-state index >= 15 is 0 Å². The standard InChI is InChI=1S/C23H23F4N5O4S/c1-23(26,27)22-28-10-17(11-29-22)31-12-14(21(30-31)36-2)3-8-20(33)19-9-16(25)13-32(19)37(34,35)18-6-4-15(24)5-7-18/h4-7,10-12,16,19H,3,8-9,13H2,1-2H3/t16-,19+/m1/s1. The molecule has 0 radical (unpaired) electrons. The number of Topliss-reactive ketones (excluding diaryl/α,β-unsaturated/α-hetero) is 1. The van der Waals surface area contributed by atoms with E-state index in [0.717, 1.165) is 28.6 Å². The molecular weight excluding hydrogens is 518 g/mol. The Morgan fingerprint density at radius 1 is 1.19 bits per heavy atom. The van der Waals surface area contributed by atoms with E-state index in [9.17, 15) is 30.8 Å². The van der Waals surface area contributed by atoms with Crippen LogP contribution >= 0.6 is 0 Å². The fraction of sp³-hybridized carbons (Fsp3) is 0.391. The van der Waals surface area contributed by atoms with Crippen LogP contribution in [0.15, 0.2) is 47.8 Å². The maximum Gasteiger partial charge on any atom is 0.303 e. The summed E-state index contributed by atoms with van der Waals surface area (Å²) in [5.41, 5.74) is 0.750. The van der Waals surface area contributed by atoms with Gasteiger partial charge in [0, 0.05) is 38.1 Å². The van der Waals surface area contributed by atoms with Crippen LogP contribution in [0.2, 0.25) is 0 Å². The number of rotatable bonds is 9. The van der Waals surface area contributed by atoms with E-state index in [2.05, 4.69) is 15.1 Å². The first kappa shape index (κ1) is 26.7. The quantitative estimate of drug-likeness (QED) is 0.383. The number of nitrogens with zero attached hydrogens (tertiary/aromatic N) is 5. The summed E-state index contributed by atoms with van der Waals surface area (Å²) in [6.07, 6.45) is 1.96. The molecule has 1 aromatic carbocycles. The summed E-state index contributed by atoms with van der Waals surface area (Å²) in [4.78, 5) is 20.1. The molecule has 2 aromatic heterocycles. The van der Waals surface area contributed by atoms with Crippen LogP contribution in [-0.2, 0) is 27.2 Å². The van der Waals surface area contributed by atoms with E-state index < -0.39 is 52.1 Å². The Bertz CT molecular complexity index is 1380. The van der Waals surface area contributed by atoms with Crippen molar-refractivity contribution in [1.29, 1.82) is 0 Å². The number of aryl methyl sites for hydroxylation is 1. The zero-order chi connectivity index (χ0) is 27.0. The number of ketones is 1. The summed E-state index contributed by atoms with van der Waals surface area (Å²) in [5.74, 6) is -4.83. The molecular formula is C23H23F4N5O4S. The number of benzene rings is 1. The van der Waals surface area contributed by atoms with Crippen LogP contribution in [0.4, 0.5) is 17.6 Å². The van der Waals surface area contributed by atoms with E-state index in [-0.39, 0.29) is 35.7 Å². The normalized spacial score (nSPS) is 18.8. The minimum absolute atomic E-state index is 0.0892. The van der Waals surface area contributed by atoms with Crippen molar-refractivity contribution in [3.63, 3.8) is 0 Å². The molecule has 0 N–H and O–H groups in total. The van der Waals surface area contributed by atoms with Crippen molar-refractivity contribution < 1.29 is 35.5 Å². The van der Waals surface area contributed by atoms with Crippen LogP contribution in [0.1, 0.15) is 31.2 Å². The number of alkyl halides is 3. The van der Waals surface area contributed by atoms with Gasteiger partial charge in [-0.15, -0.1) is 5.10 Å². The van der Waals surface area contributed by atoms with E-state index in [0.29, 0.717) is 12.5 Å². The predicted molar refractivity (Wildman–Crippen MR) is 122 cm³/mol. The van der Waals surface area contributed by atoms with Crippen LogP contribution in [0.3, 0.4) is 0 Å². The number of hydrogen-bond donors (Lipinski definition) is 0. The second-order valence-electron chi connectivity index (χ2n) is 8.61. The largest absolute Gasteiger partial charge is 0.480 e. The Balaban J connectivity index is 1.50. The molecule has 198 valence electrons. The summed E-state index contributed by atoms with van der Waals surface area (Å²) in [7, 11) is -2.87. The molecule has 0 aliphatic carbocycles. The lowest BCUT2D eigenvalue weighted by Gasteiger charge is -2.22. The number of carbonyl (C=O) groups excluding carboxylic acids is 1. The van der Waals surface area contributed by atoms with Crippen molar-refractivity contribution in [3.05, 3.63) is 60.1 Å². The maximum absolute atomic E-state index is 14.3. The van der Waals surface area contributed by atoms with E-state index in [1.165, 1.54) is 30.4 Å². The molecule has 1 aliphatic heterocycles. The lowest BCUT2D eigenvalue weighted by Crippen LogP contribution is -2.40. The number of hydrogen-bond acceptors (Lipinski definition) is 7. The van der Waals surface area contributed by atoms with Gasteiger partial charge in [0.1, 0.15) is 17.7 Å². The smallest absolute Gasteiger partial charge is 0.303 e. The first-order chi connectivity index (χ1) is 17.4. The minimum Gasteiger partial charge on any atom is -0.480 e. The lowest BCUT2D eigenvalue weighted by molar-refractivity contribution is -0.122. The molecule has 1 aliphatic rings. The van der Waals surface area contributed by atoms with Crippen molar-refractivity contribution in [2.24, 2.45) is 0 Å². The van der Waals surface area contributed by atoms with Gasteiger partial charge in [-0.3, -0.25) is 4.79 Å². The van der Waals surface area contributed by atoms with E-state index in [1.54, 1.807) is 0 Å². The molecule has 37 heavy (non-hydrogen) atoms. The van der Waals surface area contributed by atoms with Crippen molar-refractivity contribution in [3.8, 4) is 11.6 Å².